The highest BCUT2D eigenvalue weighted by molar-refractivity contribution is 6.30. The molecule has 0 bridgehead atoms. The fourth-order valence-corrected chi connectivity index (χ4v) is 4.10. The Labute approximate surface area is 167 Å². The third-order valence-corrected chi connectivity index (χ3v) is 5.36. The molecule has 0 unspecified atom stereocenters. The maximum absolute atomic E-state index is 12.8. The average molecular weight is 394 g/mol. The fraction of sp³-hybridized carbons (Fsp3) is 0.174. The number of hydrogen-bond acceptors (Lipinski definition) is 3. The van der Waals surface area contributed by atoms with Crippen molar-refractivity contribution in [1.82, 2.24) is 4.57 Å². The molecule has 0 radical (unpaired) electrons. The molecule has 4 aromatic rings. The van der Waals surface area contributed by atoms with Gasteiger partial charge in [-0.3, -0.25) is 0 Å². The highest BCUT2D eigenvalue weighted by Gasteiger charge is 2.26. The molecule has 0 saturated carbocycles. The second-order valence-electron chi connectivity index (χ2n) is 6.74. The molecule has 1 N–H and O–H groups in total. The van der Waals surface area contributed by atoms with Crippen LogP contribution in [0.25, 0.3) is 27.4 Å². The van der Waals surface area contributed by atoms with Gasteiger partial charge in [-0.05, 0) is 39.0 Å². The van der Waals surface area contributed by atoms with Crippen LogP contribution in [0.3, 0.4) is 0 Å². The number of fused-ring (bicyclic) bond motifs is 3. The largest absolute Gasteiger partial charge is 0.507 e. The van der Waals surface area contributed by atoms with Gasteiger partial charge in [-0.15, -0.1) is 0 Å². The van der Waals surface area contributed by atoms with E-state index >= 15 is 0 Å². The molecule has 0 aliphatic rings. The van der Waals surface area contributed by atoms with Crippen molar-refractivity contribution in [2.24, 2.45) is 0 Å². The lowest BCUT2D eigenvalue weighted by Gasteiger charge is -2.13. The van der Waals surface area contributed by atoms with E-state index in [1.165, 1.54) is 0 Å². The Morgan fingerprint density at radius 2 is 1.82 bits per heavy atom. The molecule has 0 fully saturated rings. The summed E-state index contributed by atoms with van der Waals surface area (Å²) in [6.07, 6.45) is 0. The summed E-state index contributed by atoms with van der Waals surface area (Å²) in [5.74, 6) is -0.222. The zero-order valence-electron chi connectivity index (χ0n) is 15.9. The first-order valence-electron chi connectivity index (χ1n) is 9.14. The predicted octanol–water partition coefficient (Wildman–Crippen LogP) is 5.94. The van der Waals surface area contributed by atoms with E-state index in [1.807, 2.05) is 66.9 Å². The minimum atomic E-state index is -0.399. The topological polar surface area (TPSA) is 51.5 Å². The monoisotopic (exact) mass is 393 g/mol. The molecule has 1 aromatic heterocycles. The van der Waals surface area contributed by atoms with Gasteiger partial charge in [0.05, 0.1) is 17.7 Å². The van der Waals surface area contributed by atoms with E-state index in [-0.39, 0.29) is 12.4 Å². The molecule has 4 rings (SSSR count). The Kier molecular flexibility index (Phi) is 4.52. The lowest BCUT2D eigenvalue weighted by atomic mass is 9.98. The van der Waals surface area contributed by atoms with Crippen LogP contribution in [-0.2, 0) is 4.74 Å². The molecule has 4 nitrogen and oxygen atoms in total. The summed E-state index contributed by atoms with van der Waals surface area (Å²) in [5, 5.41) is 13.7. The minimum Gasteiger partial charge on any atom is -0.507 e. The zero-order valence-corrected chi connectivity index (χ0v) is 16.7. The predicted molar refractivity (Wildman–Crippen MR) is 113 cm³/mol. The quantitative estimate of drug-likeness (QED) is 0.438. The van der Waals surface area contributed by atoms with E-state index in [1.54, 1.807) is 6.92 Å². The summed E-state index contributed by atoms with van der Waals surface area (Å²) < 4.78 is 7.35. The maximum Gasteiger partial charge on any atom is 0.340 e. The van der Waals surface area contributed by atoms with E-state index < -0.39 is 5.97 Å². The van der Waals surface area contributed by atoms with Crippen molar-refractivity contribution in [3.63, 3.8) is 0 Å². The molecule has 0 spiro atoms. The maximum atomic E-state index is 12.8. The standard InChI is InChI=1S/C23H20ClNO3/c1-4-28-23(27)20-14(3)25(16-9-7-8-15(24)12-16)21-17-10-5-6-11-18(17)22(26)13(2)19(20)21/h5-12,26H,4H2,1-3H3. The van der Waals surface area contributed by atoms with Gasteiger partial charge in [0.15, 0.2) is 0 Å². The Balaban J connectivity index is 2.26. The van der Waals surface area contributed by atoms with Gasteiger partial charge in [0.25, 0.3) is 0 Å². The summed E-state index contributed by atoms with van der Waals surface area (Å²) in [6, 6.07) is 15.1. The van der Waals surface area contributed by atoms with Crippen LogP contribution in [0.15, 0.2) is 48.5 Å². The molecular formula is C23H20ClNO3. The van der Waals surface area contributed by atoms with Gasteiger partial charge in [-0.2, -0.15) is 0 Å². The fourth-order valence-electron chi connectivity index (χ4n) is 3.92. The van der Waals surface area contributed by atoms with Gasteiger partial charge in [-0.1, -0.05) is 41.9 Å². The Hall–Kier alpha value is -2.98. The SMILES string of the molecule is CCOC(=O)c1c(C)n(-c2cccc(Cl)c2)c2c1c(C)c(O)c1ccccc12. The van der Waals surface area contributed by atoms with Crippen molar-refractivity contribution < 1.29 is 14.6 Å². The molecule has 0 atom stereocenters. The Bertz CT molecular complexity index is 1240. The first-order valence-corrected chi connectivity index (χ1v) is 9.51. The van der Waals surface area contributed by atoms with Crippen LogP contribution in [0, 0.1) is 13.8 Å². The van der Waals surface area contributed by atoms with Crippen LogP contribution in [0.1, 0.15) is 28.5 Å². The summed E-state index contributed by atoms with van der Waals surface area (Å²) in [5.41, 5.74) is 3.57. The molecule has 0 saturated heterocycles. The second kappa shape index (κ2) is 6.88. The molecule has 28 heavy (non-hydrogen) atoms. The normalized spacial score (nSPS) is 11.3. The summed E-state index contributed by atoms with van der Waals surface area (Å²) >= 11 is 6.25. The van der Waals surface area contributed by atoms with Gasteiger partial charge in [-0.25, -0.2) is 4.79 Å². The number of halogens is 1. The lowest BCUT2D eigenvalue weighted by molar-refractivity contribution is 0.0527. The first-order chi connectivity index (χ1) is 13.5. The second-order valence-corrected chi connectivity index (χ2v) is 7.18. The van der Waals surface area contributed by atoms with Crippen molar-refractivity contribution in [3.8, 4) is 11.4 Å². The number of ether oxygens (including phenoxy) is 1. The van der Waals surface area contributed by atoms with Gasteiger partial charge >= 0.3 is 5.97 Å². The van der Waals surface area contributed by atoms with Crippen molar-refractivity contribution in [3.05, 3.63) is 70.4 Å². The van der Waals surface area contributed by atoms with Crippen LogP contribution in [0.5, 0.6) is 5.75 Å². The van der Waals surface area contributed by atoms with Crippen LogP contribution >= 0.6 is 11.6 Å². The number of nitrogens with zero attached hydrogens (tertiary/aromatic N) is 1. The van der Waals surface area contributed by atoms with Gasteiger partial charge < -0.3 is 14.4 Å². The molecular weight excluding hydrogens is 374 g/mol. The van der Waals surface area contributed by atoms with Gasteiger partial charge in [0.2, 0.25) is 0 Å². The molecule has 0 aliphatic heterocycles. The van der Waals surface area contributed by atoms with Crippen molar-refractivity contribution >= 4 is 39.2 Å². The number of esters is 1. The average Bonchev–Trinajstić information content (AvgIpc) is 2.99. The highest BCUT2D eigenvalue weighted by atomic mass is 35.5. The molecule has 3 aromatic carbocycles. The van der Waals surface area contributed by atoms with Crippen molar-refractivity contribution in [1.29, 1.82) is 0 Å². The van der Waals surface area contributed by atoms with E-state index in [2.05, 4.69) is 0 Å². The number of carbonyl (C=O) groups is 1. The van der Waals surface area contributed by atoms with Gasteiger partial charge in [0.1, 0.15) is 5.75 Å². The smallest absolute Gasteiger partial charge is 0.340 e. The molecule has 0 amide bonds. The highest BCUT2D eigenvalue weighted by Crippen LogP contribution is 2.42. The number of benzene rings is 3. The van der Waals surface area contributed by atoms with Crippen LogP contribution < -0.4 is 0 Å². The summed E-state index contributed by atoms with van der Waals surface area (Å²) in [6.45, 7) is 5.77. The van der Waals surface area contributed by atoms with Crippen LogP contribution in [0.4, 0.5) is 0 Å². The number of aromatic nitrogens is 1. The van der Waals surface area contributed by atoms with Crippen molar-refractivity contribution in [2.45, 2.75) is 20.8 Å². The zero-order chi connectivity index (χ0) is 20.0. The molecule has 1 heterocycles. The molecule has 142 valence electrons. The van der Waals surface area contributed by atoms with Crippen molar-refractivity contribution in [2.75, 3.05) is 6.61 Å². The van der Waals surface area contributed by atoms with E-state index in [0.29, 0.717) is 21.5 Å². The first kappa shape index (κ1) is 18.4. The number of carbonyl (C=O) groups excluding carboxylic acids is 1. The number of phenolic OH excluding ortho intramolecular Hbond substituents is 1. The Morgan fingerprint density at radius 1 is 1.11 bits per heavy atom. The van der Waals surface area contributed by atoms with Gasteiger partial charge in [0, 0.05) is 38.1 Å². The van der Waals surface area contributed by atoms with Crippen LogP contribution in [-0.4, -0.2) is 22.2 Å². The third-order valence-electron chi connectivity index (χ3n) is 5.12. The molecule has 5 heteroatoms. The van der Waals surface area contributed by atoms with E-state index in [0.717, 1.165) is 27.7 Å². The number of aromatic hydroxyl groups is 1. The summed E-state index contributed by atoms with van der Waals surface area (Å²) in [4.78, 5) is 12.8. The molecule has 0 aliphatic carbocycles. The summed E-state index contributed by atoms with van der Waals surface area (Å²) in [7, 11) is 0. The van der Waals surface area contributed by atoms with Crippen LogP contribution in [0.2, 0.25) is 5.02 Å². The van der Waals surface area contributed by atoms with E-state index in [9.17, 15) is 9.90 Å². The van der Waals surface area contributed by atoms with E-state index in [4.69, 9.17) is 16.3 Å². The Morgan fingerprint density at radius 3 is 2.50 bits per heavy atom. The third kappa shape index (κ3) is 2.64. The number of phenols is 1. The number of rotatable bonds is 3. The lowest BCUT2D eigenvalue weighted by Crippen LogP contribution is -2.07. The minimum absolute atomic E-state index is 0.178. The number of aryl methyl sites for hydroxylation is 1. The number of hydrogen-bond donors (Lipinski definition) is 1.